The standard InChI is InChI=1S/C13H28N2O/c1-4-13(2,3)12(15-14)9-5-7-11-8-6-10-16-11/h11-12,15H,4-10,14H2,1-3H3. The highest BCUT2D eigenvalue weighted by molar-refractivity contribution is 4.81. The van der Waals surface area contributed by atoms with E-state index >= 15 is 0 Å². The van der Waals surface area contributed by atoms with E-state index in [2.05, 4.69) is 26.2 Å². The second kappa shape index (κ2) is 6.58. The molecule has 1 rings (SSSR count). The first-order chi connectivity index (χ1) is 7.60. The number of hydrogen-bond donors (Lipinski definition) is 2. The Morgan fingerprint density at radius 1 is 1.50 bits per heavy atom. The van der Waals surface area contributed by atoms with Crippen molar-refractivity contribution in [2.24, 2.45) is 11.3 Å². The van der Waals surface area contributed by atoms with Crippen molar-refractivity contribution in [1.29, 1.82) is 0 Å². The molecule has 16 heavy (non-hydrogen) atoms. The molecule has 0 aromatic carbocycles. The Morgan fingerprint density at radius 2 is 2.25 bits per heavy atom. The van der Waals surface area contributed by atoms with E-state index in [4.69, 9.17) is 10.6 Å². The highest BCUT2D eigenvalue weighted by atomic mass is 16.5. The number of nitrogens with two attached hydrogens (primary N) is 1. The highest BCUT2D eigenvalue weighted by Gasteiger charge is 2.26. The molecule has 0 aromatic rings. The summed E-state index contributed by atoms with van der Waals surface area (Å²) in [6.07, 6.45) is 7.71. The lowest BCUT2D eigenvalue weighted by Crippen LogP contribution is -2.45. The fourth-order valence-electron chi connectivity index (χ4n) is 2.37. The van der Waals surface area contributed by atoms with Crippen molar-refractivity contribution in [3.8, 4) is 0 Å². The van der Waals surface area contributed by atoms with Crippen LogP contribution in [0.3, 0.4) is 0 Å². The summed E-state index contributed by atoms with van der Waals surface area (Å²) in [7, 11) is 0. The van der Waals surface area contributed by atoms with Gasteiger partial charge in [0, 0.05) is 12.6 Å². The SMILES string of the molecule is CCC(C)(C)C(CCCC1CCCO1)NN. The molecule has 1 aliphatic heterocycles. The van der Waals surface area contributed by atoms with Gasteiger partial charge in [0.2, 0.25) is 0 Å². The van der Waals surface area contributed by atoms with Crippen molar-refractivity contribution >= 4 is 0 Å². The maximum atomic E-state index is 5.65. The van der Waals surface area contributed by atoms with E-state index in [0.29, 0.717) is 12.1 Å². The van der Waals surface area contributed by atoms with Crippen LogP contribution in [0, 0.1) is 5.41 Å². The molecule has 3 heteroatoms. The van der Waals surface area contributed by atoms with Gasteiger partial charge in [0.1, 0.15) is 0 Å². The molecule has 0 spiro atoms. The molecular formula is C13H28N2O. The van der Waals surface area contributed by atoms with Crippen LogP contribution in [0.4, 0.5) is 0 Å². The van der Waals surface area contributed by atoms with Crippen molar-refractivity contribution < 1.29 is 4.74 Å². The summed E-state index contributed by atoms with van der Waals surface area (Å²) in [6.45, 7) is 7.75. The van der Waals surface area contributed by atoms with Crippen LogP contribution >= 0.6 is 0 Å². The molecule has 2 unspecified atom stereocenters. The molecular weight excluding hydrogens is 200 g/mol. The Morgan fingerprint density at radius 3 is 2.75 bits per heavy atom. The molecule has 0 saturated carbocycles. The zero-order valence-electron chi connectivity index (χ0n) is 11.1. The number of nitrogens with one attached hydrogen (secondary N) is 1. The third-order valence-corrected chi connectivity index (χ3v) is 4.10. The van der Waals surface area contributed by atoms with Gasteiger partial charge in [-0.1, -0.05) is 20.8 Å². The summed E-state index contributed by atoms with van der Waals surface area (Å²) in [6, 6.07) is 0.416. The second-order valence-electron chi connectivity index (χ2n) is 5.63. The smallest absolute Gasteiger partial charge is 0.0576 e. The Bertz CT molecular complexity index is 188. The van der Waals surface area contributed by atoms with Crippen LogP contribution in [-0.2, 0) is 4.74 Å². The van der Waals surface area contributed by atoms with E-state index in [1.165, 1.54) is 25.7 Å². The summed E-state index contributed by atoms with van der Waals surface area (Å²) < 4.78 is 5.63. The van der Waals surface area contributed by atoms with Crippen molar-refractivity contribution in [2.45, 2.75) is 71.4 Å². The van der Waals surface area contributed by atoms with Gasteiger partial charge in [0.25, 0.3) is 0 Å². The largest absolute Gasteiger partial charge is 0.378 e. The molecule has 2 atom stereocenters. The van der Waals surface area contributed by atoms with E-state index < -0.39 is 0 Å². The molecule has 1 saturated heterocycles. The maximum Gasteiger partial charge on any atom is 0.0576 e. The van der Waals surface area contributed by atoms with Gasteiger partial charge in [-0.25, -0.2) is 0 Å². The fraction of sp³-hybridized carbons (Fsp3) is 1.00. The Hall–Kier alpha value is -0.120. The van der Waals surface area contributed by atoms with Crippen molar-refractivity contribution in [3.63, 3.8) is 0 Å². The number of ether oxygens (including phenoxy) is 1. The second-order valence-corrected chi connectivity index (χ2v) is 5.63. The quantitative estimate of drug-likeness (QED) is 0.520. The normalized spacial score (nSPS) is 23.6. The topological polar surface area (TPSA) is 47.3 Å². The summed E-state index contributed by atoms with van der Waals surface area (Å²) in [5.41, 5.74) is 3.26. The third kappa shape index (κ3) is 4.04. The van der Waals surface area contributed by atoms with Crippen molar-refractivity contribution in [2.75, 3.05) is 6.61 Å². The lowest BCUT2D eigenvalue weighted by molar-refractivity contribution is 0.0986. The molecule has 3 nitrogen and oxygen atoms in total. The molecule has 0 amide bonds. The summed E-state index contributed by atoms with van der Waals surface area (Å²) in [5, 5.41) is 0. The first kappa shape index (κ1) is 13.9. The van der Waals surface area contributed by atoms with Gasteiger partial charge in [0.15, 0.2) is 0 Å². The van der Waals surface area contributed by atoms with Gasteiger partial charge in [-0.3, -0.25) is 11.3 Å². The first-order valence-electron chi connectivity index (χ1n) is 6.68. The summed E-state index contributed by atoms with van der Waals surface area (Å²) >= 11 is 0. The lowest BCUT2D eigenvalue weighted by atomic mass is 9.79. The molecule has 3 N–H and O–H groups in total. The van der Waals surface area contributed by atoms with E-state index in [9.17, 15) is 0 Å². The molecule has 1 aliphatic rings. The highest BCUT2D eigenvalue weighted by Crippen LogP contribution is 2.28. The number of hydrogen-bond acceptors (Lipinski definition) is 3. The maximum absolute atomic E-state index is 5.65. The number of hydrazine groups is 1. The predicted molar refractivity (Wildman–Crippen MR) is 68.0 cm³/mol. The summed E-state index contributed by atoms with van der Waals surface area (Å²) in [5.74, 6) is 5.65. The lowest BCUT2D eigenvalue weighted by Gasteiger charge is -2.33. The minimum absolute atomic E-state index is 0.283. The Labute approximate surface area is 100 Å². The third-order valence-electron chi connectivity index (χ3n) is 4.10. The van der Waals surface area contributed by atoms with Crippen LogP contribution in [0.2, 0.25) is 0 Å². The van der Waals surface area contributed by atoms with Crippen LogP contribution < -0.4 is 11.3 Å². The van der Waals surface area contributed by atoms with Gasteiger partial charge < -0.3 is 4.74 Å². The summed E-state index contributed by atoms with van der Waals surface area (Å²) in [4.78, 5) is 0. The average Bonchev–Trinajstić information content (AvgIpc) is 2.77. The van der Waals surface area contributed by atoms with Gasteiger partial charge >= 0.3 is 0 Å². The van der Waals surface area contributed by atoms with E-state index in [1.807, 2.05) is 0 Å². The van der Waals surface area contributed by atoms with E-state index in [0.717, 1.165) is 19.4 Å². The first-order valence-corrected chi connectivity index (χ1v) is 6.68. The minimum atomic E-state index is 0.283. The van der Waals surface area contributed by atoms with Crippen LogP contribution in [-0.4, -0.2) is 18.8 Å². The van der Waals surface area contributed by atoms with Gasteiger partial charge in [-0.2, -0.15) is 0 Å². The molecule has 1 fully saturated rings. The average molecular weight is 228 g/mol. The van der Waals surface area contributed by atoms with Crippen LogP contribution in [0.5, 0.6) is 0 Å². The zero-order chi connectivity index (χ0) is 12.0. The molecule has 0 aliphatic carbocycles. The Balaban J connectivity index is 2.22. The van der Waals surface area contributed by atoms with Crippen LogP contribution in [0.1, 0.15) is 59.3 Å². The van der Waals surface area contributed by atoms with Crippen LogP contribution in [0.15, 0.2) is 0 Å². The van der Waals surface area contributed by atoms with E-state index in [1.54, 1.807) is 0 Å². The van der Waals surface area contributed by atoms with E-state index in [-0.39, 0.29) is 5.41 Å². The minimum Gasteiger partial charge on any atom is -0.378 e. The van der Waals surface area contributed by atoms with Gasteiger partial charge in [0.05, 0.1) is 6.10 Å². The molecule has 96 valence electrons. The van der Waals surface area contributed by atoms with Gasteiger partial charge in [-0.15, -0.1) is 0 Å². The molecule has 0 aromatic heterocycles. The molecule has 0 radical (unpaired) electrons. The van der Waals surface area contributed by atoms with Gasteiger partial charge in [-0.05, 0) is 43.9 Å². The predicted octanol–water partition coefficient (Wildman–Crippen LogP) is 2.60. The van der Waals surface area contributed by atoms with Crippen molar-refractivity contribution in [1.82, 2.24) is 5.43 Å². The van der Waals surface area contributed by atoms with Crippen LogP contribution in [0.25, 0.3) is 0 Å². The monoisotopic (exact) mass is 228 g/mol. The fourth-order valence-corrected chi connectivity index (χ4v) is 2.37. The molecule has 0 bridgehead atoms. The van der Waals surface area contributed by atoms with Crippen molar-refractivity contribution in [3.05, 3.63) is 0 Å². The Kier molecular flexibility index (Phi) is 5.73. The molecule has 1 heterocycles. The number of rotatable bonds is 7. The zero-order valence-corrected chi connectivity index (χ0v) is 11.1.